The van der Waals surface area contributed by atoms with E-state index in [0.717, 1.165) is 0 Å². The molecule has 1 aromatic carbocycles. The van der Waals surface area contributed by atoms with Gasteiger partial charge in [0.15, 0.2) is 6.33 Å². The van der Waals surface area contributed by atoms with Crippen molar-refractivity contribution in [1.82, 2.24) is 15.5 Å². The van der Waals surface area contributed by atoms with Gasteiger partial charge in [0.25, 0.3) is 0 Å². The molecule has 2 rings (SSSR count). The molecule has 110 valence electrons. The van der Waals surface area contributed by atoms with E-state index in [2.05, 4.69) is 20.8 Å². The predicted molar refractivity (Wildman–Crippen MR) is 73.2 cm³/mol. The fraction of sp³-hybridized carbons (Fsp3) is 0.231. The molecule has 0 aliphatic heterocycles. The highest BCUT2D eigenvalue weighted by Gasteiger charge is 2.14. The van der Waals surface area contributed by atoms with Crippen molar-refractivity contribution in [3.05, 3.63) is 41.5 Å². The van der Waals surface area contributed by atoms with Crippen LogP contribution in [-0.2, 0) is 6.42 Å². The number of carboxylic acid groups (broad SMARTS) is 1. The Morgan fingerprint density at radius 1 is 1.38 bits per heavy atom. The second kappa shape index (κ2) is 6.51. The standard InChI is InChI=1S/C13H14N4O4/c1-8-3-2-4-9(12(18)19)11(8)17-13(20)14-6-5-10-15-7-16-21-10/h2-4,7H,5-6H2,1H3,(H,18,19)(H2,14,17,20). The van der Waals surface area contributed by atoms with E-state index < -0.39 is 12.0 Å². The number of nitrogens with one attached hydrogen (secondary N) is 2. The maximum absolute atomic E-state index is 11.8. The molecule has 8 heteroatoms. The number of urea groups is 1. The summed E-state index contributed by atoms with van der Waals surface area (Å²) in [6.45, 7) is 2.02. The first-order valence-electron chi connectivity index (χ1n) is 6.21. The molecule has 0 saturated heterocycles. The van der Waals surface area contributed by atoms with E-state index in [9.17, 15) is 9.59 Å². The van der Waals surface area contributed by atoms with Crippen LogP contribution < -0.4 is 10.6 Å². The molecule has 0 aliphatic rings. The number of aromatic carboxylic acids is 1. The minimum atomic E-state index is -1.10. The van der Waals surface area contributed by atoms with E-state index in [1.54, 1.807) is 19.1 Å². The fourth-order valence-corrected chi connectivity index (χ4v) is 1.76. The first kappa shape index (κ1) is 14.5. The lowest BCUT2D eigenvalue weighted by Crippen LogP contribution is -2.31. The number of aryl methyl sites for hydroxylation is 1. The second-order valence-electron chi connectivity index (χ2n) is 4.27. The smallest absolute Gasteiger partial charge is 0.337 e. The fourth-order valence-electron chi connectivity index (χ4n) is 1.76. The number of aromatic nitrogens is 2. The number of hydrogen-bond donors (Lipinski definition) is 3. The van der Waals surface area contributed by atoms with Crippen LogP contribution in [0.3, 0.4) is 0 Å². The number of carbonyl (C=O) groups is 2. The number of benzene rings is 1. The topological polar surface area (TPSA) is 117 Å². The lowest BCUT2D eigenvalue weighted by Gasteiger charge is -2.12. The molecule has 8 nitrogen and oxygen atoms in total. The molecular weight excluding hydrogens is 276 g/mol. The molecule has 0 saturated carbocycles. The van der Waals surface area contributed by atoms with Gasteiger partial charge in [-0.05, 0) is 18.6 Å². The Labute approximate surface area is 120 Å². The highest BCUT2D eigenvalue weighted by molar-refractivity contribution is 6.00. The van der Waals surface area contributed by atoms with Crippen molar-refractivity contribution in [2.45, 2.75) is 13.3 Å². The van der Waals surface area contributed by atoms with Gasteiger partial charge in [-0.3, -0.25) is 0 Å². The maximum Gasteiger partial charge on any atom is 0.337 e. The summed E-state index contributed by atoms with van der Waals surface area (Å²) in [5.74, 6) is -0.683. The van der Waals surface area contributed by atoms with Gasteiger partial charge >= 0.3 is 12.0 Å². The Hall–Kier alpha value is -2.90. The lowest BCUT2D eigenvalue weighted by atomic mass is 10.1. The molecule has 1 heterocycles. The van der Waals surface area contributed by atoms with Gasteiger partial charge in [-0.25, -0.2) is 9.59 Å². The summed E-state index contributed by atoms with van der Waals surface area (Å²) in [6, 6.07) is 4.28. The summed E-state index contributed by atoms with van der Waals surface area (Å²) in [5.41, 5.74) is 0.990. The average Bonchev–Trinajstić information content (AvgIpc) is 2.94. The summed E-state index contributed by atoms with van der Waals surface area (Å²) in [6.07, 6.45) is 1.68. The van der Waals surface area contributed by atoms with Crippen LogP contribution in [0.15, 0.2) is 29.0 Å². The average molecular weight is 290 g/mol. The number of carbonyl (C=O) groups excluding carboxylic acids is 1. The molecule has 0 atom stereocenters. The van der Waals surface area contributed by atoms with Crippen LogP contribution in [0.25, 0.3) is 0 Å². The zero-order valence-corrected chi connectivity index (χ0v) is 11.3. The van der Waals surface area contributed by atoms with E-state index in [1.807, 2.05) is 0 Å². The molecule has 21 heavy (non-hydrogen) atoms. The Morgan fingerprint density at radius 2 is 2.19 bits per heavy atom. The molecule has 0 bridgehead atoms. The minimum absolute atomic E-state index is 0.0436. The predicted octanol–water partition coefficient (Wildman–Crippen LogP) is 1.44. The molecule has 3 N–H and O–H groups in total. The van der Waals surface area contributed by atoms with E-state index >= 15 is 0 Å². The molecule has 0 spiro atoms. The summed E-state index contributed by atoms with van der Waals surface area (Å²) < 4.78 is 4.79. The van der Waals surface area contributed by atoms with Gasteiger partial charge < -0.3 is 20.3 Å². The van der Waals surface area contributed by atoms with Gasteiger partial charge in [-0.1, -0.05) is 17.3 Å². The molecule has 0 fully saturated rings. The Morgan fingerprint density at radius 3 is 2.86 bits per heavy atom. The zero-order chi connectivity index (χ0) is 15.2. The summed E-state index contributed by atoms with van der Waals surface area (Å²) >= 11 is 0. The number of carboxylic acids is 1. The van der Waals surface area contributed by atoms with Crippen molar-refractivity contribution in [1.29, 1.82) is 0 Å². The Balaban J connectivity index is 1.95. The van der Waals surface area contributed by atoms with Crippen LogP contribution in [-0.4, -0.2) is 33.8 Å². The van der Waals surface area contributed by atoms with Crippen molar-refractivity contribution in [2.75, 3.05) is 11.9 Å². The van der Waals surface area contributed by atoms with Crippen LogP contribution in [0.1, 0.15) is 21.8 Å². The normalized spacial score (nSPS) is 10.1. The number of nitrogens with zero attached hydrogens (tertiary/aromatic N) is 2. The third kappa shape index (κ3) is 3.78. The zero-order valence-electron chi connectivity index (χ0n) is 11.3. The first-order valence-corrected chi connectivity index (χ1v) is 6.21. The van der Waals surface area contributed by atoms with Gasteiger partial charge in [0.1, 0.15) is 0 Å². The highest BCUT2D eigenvalue weighted by atomic mass is 16.5. The summed E-state index contributed by atoms with van der Waals surface area (Å²) in [4.78, 5) is 26.7. The van der Waals surface area contributed by atoms with Crippen molar-refractivity contribution >= 4 is 17.7 Å². The number of anilines is 1. The Bertz CT molecular complexity index is 640. The van der Waals surface area contributed by atoms with Crippen LogP contribution in [0, 0.1) is 6.92 Å². The number of amides is 2. The van der Waals surface area contributed by atoms with E-state index in [4.69, 9.17) is 9.63 Å². The third-order valence-corrected chi connectivity index (χ3v) is 2.77. The molecule has 0 aliphatic carbocycles. The second-order valence-corrected chi connectivity index (χ2v) is 4.27. The quantitative estimate of drug-likeness (QED) is 0.767. The third-order valence-electron chi connectivity index (χ3n) is 2.77. The molecule has 2 amide bonds. The summed E-state index contributed by atoms with van der Waals surface area (Å²) in [7, 11) is 0. The molecule has 0 radical (unpaired) electrons. The van der Waals surface area contributed by atoms with E-state index in [1.165, 1.54) is 12.4 Å². The highest BCUT2D eigenvalue weighted by Crippen LogP contribution is 2.20. The van der Waals surface area contributed by atoms with Crippen LogP contribution in [0.2, 0.25) is 0 Å². The minimum Gasteiger partial charge on any atom is -0.478 e. The van der Waals surface area contributed by atoms with Crippen molar-refractivity contribution in [3.8, 4) is 0 Å². The number of rotatable bonds is 5. The van der Waals surface area contributed by atoms with Gasteiger partial charge in [-0.15, -0.1) is 0 Å². The Kier molecular flexibility index (Phi) is 4.50. The van der Waals surface area contributed by atoms with E-state index in [0.29, 0.717) is 24.4 Å². The molecular formula is C13H14N4O4. The lowest BCUT2D eigenvalue weighted by molar-refractivity contribution is 0.0698. The summed E-state index contributed by atoms with van der Waals surface area (Å²) in [5, 5.41) is 17.7. The van der Waals surface area contributed by atoms with Crippen molar-refractivity contribution in [2.24, 2.45) is 0 Å². The van der Waals surface area contributed by atoms with Gasteiger partial charge in [-0.2, -0.15) is 4.98 Å². The van der Waals surface area contributed by atoms with E-state index in [-0.39, 0.29) is 11.3 Å². The largest absolute Gasteiger partial charge is 0.478 e. The monoisotopic (exact) mass is 290 g/mol. The van der Waals surface area contributed by atoms with Gasteiger partial charge in [0.05, 0.1) is 11.3 Å². The van der Waals surface area contributed by atoms with Crippen LogP contribution >= 0.6 is 0 Å². The first-order chi connectivity index (χ1) is 10.1. The number of para-hydroxylation sites is 1. The SMILES string of the molecule is Cc1cccc(C(=O)O)c1NC(=O)NCCc1ncno1. The van der Waals surface area contributed by atoms with Gasteiger partial charge in [0.2, 0.25) is 5.89 Å². The maximum atomic E-state index is 11.8. The van der Waals surface area contributed by atoms with Crippen molar-refractivity contribution in [3.63, 3.8) is 0 Å². The number of hydrogen-bond acceptors (Lipinski definition) is 5. The van der Waals surface area contributed by atoms with Crippen molar-refractivity contribution < 1.29 is 19.2 Å². The molecule has 0 unspecified atom stereocenters. The molecule has 2 aromatic rings. The van der Waals surface area contributed by atoms with Crippen LogP contribution in [0.4, 0.5) is 10.5 Å². The van der Waals surface area contributed by atoms with Gasteiger partial charge in [0, 0.05) is 13.0 Å². The molecule has 1 aromatic heterocycles. The van der Waals surface area contributed by atoms with Crippen LogP contribution in [0.5, 0.6) is 0 Å².